The van der Waals surface area contributed by atoms with Crippen LogP contribution in [0, 0.1) is 0 Å². The van der Waals surface area contributed by atoms with Gasteiger partial charge in [0.1, 0.15) is 17.1 Å². The molecule has 0 aliphatic rings. The number of hydrogen-bond donors (Lipinski definition) is 2. The van der Waals surface area contributed by atoms with Crippen molar-refractivity contribution in [3.8, 4) is 22.8 Å². The molecular weight excluding hydrogens is 485 g/mol. The number of nitrogens with one attached hydrogen (secondary N) is 1. The van der Waals surface area contributed by atoms with E-state index in [1.165, 1.54) is 12.1 Å². The summed E-state index contributed by atoms with van der Waals surface area (Å²) in [6.45, 7) is 0.214. The van der Waals surface area contributed by atoms with Crippen molar-refractivity contribution in [1.29, 1.82) is 0 Å². The van der Waals surface area contributed by atoms with Crippen molar-refractivity contribution in [2.45, 2.75) is 12.9 Å². The van der Waals surface area contributed by atoms with E-state index in [1.807, 2.05) is 41.0 Å². The lowest BCUT2D eigenvalue weighted by Crippen LogP contribution is -2.23. The van der Waals surface area contributed by atoms with Crippen LogP contribution in [0.1, 0.15) is 15.9 Å². The molecule has 3 aromatic heterocycles. The molecule has 0 bridgehead atoms. The summed E-state index contributed by atoms with van der Waals surface area (Å²) in [5.41, 5.74) is 9.94. The minimum atomic E-state index is -4.79. The normalized spacial score (nSPS) is 11.4. The van der Waals surface area contributed by atoms with Crippen LogP contribution >= 0.6 is 0 Å². The Morgan fingerprint density at radius 2 is 1.65 bits per heavy atom. The maximum atomic E-state index is 12.4. The molecule has 8 nitrogen and oxygen atoms in total. The minimum absolute atomic E-state index is 0.209. The Morgan fingerprint density at radius 3 is 2.35 bits per heavy atom. The van der Waals surface area contributed by atoms with E-state index in [1.54, 1.807) is 24.5 Å². The van der Waals surface area contributed by atoms with E-state index < -0.39 is 18.0 Å². The van der Waals surface area contributed by atoms with Crippen LogP contribution in [0.15, 0.2) is 85.2 Å². The van der Waals surface area contributed by atoms with Gasteiger partial charge in [-0.05, 0) is 66.2 Å². The quantitative estimate of drug-likeness (QED) is 0.341. The maximum absolute atomic E-state index is 12.4. The molecule has 0 radical (unpaired) electrons. The number of nitrogens with two attached hydrogens (primary N) is 1. The Labute approximate surface area is 208 Å². The molecule has 11 heteroatoms. The maximum Gasteiger partial charge on any atom is 0.573 e. The molecule has 5 aromatic rings. The van der Waals surface area contributed by atoms with E-state index in [2.05, 4.69) is 20.0 Å². The second-order valence-corrected chi connectivity index (χ2v) is 7.97. The summed E-state index contributed by atoms with van der Waals surface area (Å²) >= 11 is 0. The Kier molecular flexibility index (Phi) is 6.18. The number of benzene rings is 2. The van der Waals surface area contributed by atoms with E-state index in [-0.39, 0.29) is 12.1 Å². The predicted molar refractivity (Wildman–Crippen MR) is 131 cm³/mol. The highest BCUT2D eigenvalue weighted by Crippen LogP contribution is 2.30. The number of amides is 1. The van der Waals surface area contributed by atoms with Crippen molar-refractivity contribution < 1.29 is 22.7 Å². The summed E-state index contributed by atoms with van der Waals surface area (Å²) < 4.78 is 42.6. The highest BCUT2D eigenvalue weighted by atomic mass is 19.4. The molecule has 0 unspecified atom stereocenters. The fourth-order valence-electron chi connectivity index (χ4n) is 3.80. The fraction of sp³-hybridized carbons (Fsp3) is 0.0769. The molecule has 0 fully saturated rings. The van der Waals surface area contributed by atoms with Crippen LogP contribution in [0.25, 0.3) is 28.2 Å². The molecule has 3 heterocycles. The zero-order valence-corrected chi connectivity index (χ0v) is 19.1. The Hall–Kier alpha value is -4.93. The lowest BCUT2D eigenvalue weighted by molar-refractivity contribution is -0.274. The van der Waals surface area contributed by atoms with Crippen molar-refractivity contribution >= 4 is 22.9 Å². The molecule has 5 rings (SSSR count). The Bertz CT molecular complexity index is 1560. The summed E-state index contributed by atoms with van der Waals surface area (Å²) in [6.07, 6.45) is -1.50. The number of nitrogens with zero attached hydrogens (tertiary/aromatic N) is 4. The number of aromatic nitrogens is 4. The predicted octanol–water partition coefficient (Wildman–Crippen LogP) is 4.89. The molecule has 0 aliphatic carbocycles. The number of alkyl halides is 3. The molecule has 186 valence electrons. The van der Waals surface area contributed by atoms with Crippen LogP contribution in [0.3, 0.4) is 0 Å². The number of anilines is 1. The average molecular weight is 504 g/mol. The van der Waals surface area contributed by atoms with E-state index in [9.17, 15) is 18.0 Å². The molecule has 0 saturated carbocycles. The van der Waals surface area contributed by atoms with E-state index in [0.717, 1.165) is 23.4 Å². The van der Waals surface area contributed by atoms with E-state index >= 15 is 0 Å². The molecule has 3 N–H and O–H groups in total. The second-order valence-electron chi connectivity index (χ2n) is 7.97. The van der Waals surface area contributed by atoms with Gasteiger partial charge < -0.3 is 15.8 Å². The molecule has 0 saturated heterocycles. The van der Waals surface area contributed by atoms with Crippen LogP contribution < -0.4 is 15.8 Å². The number of halogens is 3. The van der Waals surface area contributed by atoms with Gasteiger partial charge in [0.05, 0.1) is 5.56 Å². The first kappa shape index (κ1) is 23.8. The summed E-state index contributed by atoms with van der Waals surface area (Å²) in [7, 11) is 0. The summed E-state index contributed by atoms with van der Waals surface area (Å²) in [5, 5.41) is 2.75. The number of nitrogen functional groups attached to an aromatic ring is 1. The van der Waals surface area contributed by atoms with Gasteiger partial charge in [0.15, 0.2) is 11.5 Å². The van der Waals surface area contributed by atoms with Crippen molar-refractivity contribution in [3.05, 3.63) is 96.3 Å². The highest BCUT2D eigenvalue weighted by molar-refractivity contribution is 5.94. The fourth-order valence-corrected chi connectivity index (χ4v) is 3.80. The average Bonchev–Trinajstić information content (AvgIpc) is 3.27. The van der Waals surface area contributed by atoms with Gasteiger partial charge >= 0.3 is 6.36 Å². The first-order chi connectivity index (χ1) is 17.8. The third kappa shape index (κ3) is 5.20. The topological polar surface area (TPSA) is 108 Å². The number of hydrogen-bond acceptors (Lipinski definition) is 6. The minimum Gasteiger partial charge on any atom is -0.406 e. The van der Waals surface area contributed by atoms with Gasteiger partial charge in [0, 0.05) is 30.2 Å². The SMILES string of the molecule is Nc1ncccc1-c1nc2cccnc2n1-c1ccc(CNC(=O)c2ccc(OC(F)(F)F)cc2)cc1. The van der Waals surface area contributed by atoms with Gasteiger partial charge in [0.2, 0.25) is 0 Å². The second kappa shape index (κ2) is 9.61. The number of carbonyl (C=O) groups is 1. The number of ether oxygens (including phenoxy) is 1. The van der Waals surface area contributed by atoms with Crippen molar-refractivity contribution in [2.24, 2.45) is 0 Å². The van der Waals surface area contributed by atoms with Gasteiger partial charge in [-0.25, -0.2) is 15.0 Å². The van der Waals surface area contributed by atoms with E-state index in [4.69, 9.17) is 10.7 Å². The van der Waals surface area contributed by atoms with Gasteiger partial charge in [-0.2, -0.15) is 0 Å². The van der Waals surface area contributed by atoms with Crippen LogP contribution in [0.5, 0.6) is 5.75 Å². The number of fused-ring (bicyclic) bond motifs is 1. The first-order valence-electron chi connectivity index (χ1n) is 11.1. The number of carbonyl (C=O) groups excluding carboxylic acids is 1. The van der Waals surface area contributed by atoms with Crippen LogP contribution in [0.2, 0.25) is 0 Å². The van der Waals surface area contributed by atoms with Crippen LogP contribution in [-0.4, -0.2) is 31.8 Å². The zero-order valence-electron chi connectivity index (χ0n) is 19.1. The zero-order chi connectivity index (χ0) is 26.0. The third-order valence-corrected chi connectivity index (χ3v) is 5.49. The van der Waals surface area contributed by atoms with Gasteiger partial charge in [-0.3, -0.25) is 9.36 Å². The highest BCUT2D eigenvalue weighted by Gasteiger charge is 2.31. The van der Waals surface area contributed by atoms with Crippen molar-refractivity contribution in [1.82, 2.24) is 24.8 Å². The first-order valence-corrected chi connectivity index (χ1v) is 11.1. The largest absolute Gasteiger partial charge is 0.573 e. The summed E-state index contributed by atoms with van der Waals surface area (Å²) in [6, 6.07) is 19.4. The Morgan fingerprint density at radius 1 is 0.946 bits per heavy atom. The third-order valence-electron chi connectivity index (χ3n) is 5.49. The lowest BCUT2D eigenvalue weighted by Gasteiger charge is -2.12. The molecule has 0 atom stereocenters. The van der Waals surface area contributed by atoms with Gasteiger partial charge in [0.25, 0.3) is 5.91 Å². The molecule has 37 heavy (non-hydrogen) atoms. The van der Waals surface area contributed by atoms with Crippen LogP contribution in [-0.2, 0) is 6.54 Å². The number of rotatable bonds is 6. The summed E-state index contributed by atoms with van der Waals surface area (Å²) in [5.74, 6) is 0.116. The van der Waals surface area contributed by atoms with Crippen molar-refractivity contribution in [3.63, 3.8) is 0 Å². The van der Waals surface area contributed by atoms with Gasteiger partial charge in [-0.1, -0.05) is 12.1 Å². The molecule has 0 aliphatic heterocycles. The number of pyridine rings is 2. The Balaban J connectivity index is 1.34. The van der Waals surface area contributed by atoms with E-state index in [0.29, 0.717) is 28.4 Å². The monoisotopic (exact) mass is 504 g/mol. The molecule has 0 spiro atoms. The molecular formula is C26H19F3N6O2. The molecule has 1 amide bonds. The lowest BCUT2D eigenvalue weighted by atomic mass is 10.1. The van der Waals surface area contributed by atoms with Gasteiger partial charge in [-0.15, -0.1) is 13.2 Å². The van der Waals surface area contributed by atoms with Crippen LogP contribution in [0.4, 0.5) is 19.0 Å². The standard InChI is InChI=1S/C26H19F3N6O2/c27-26(28,29)37-19-11-7-17(8-12-19)25(36)33-15-16-5-9-18(10-6-16)35-23(20-3-1-13-31-22(20)30)34-21-4-2-14-32-24(21)35/h1-14H,15H2,(H2,30,31)(H,33,36). The number of imidazole rings is 1. The smallest absolute Gasteiger partial charge is 0.406 e. The van der Waals surface area contributed by atoms with Crippen molar-refractivity contribution in [2.75, 3.05) is 5.73 Å². The summed E-state index contributed by atoms with van der Waals surface area (Å²) in [4.78, 5) is 25.8. The molecule has 2 aromatic carbocycles.